The van der Waals surface area contributed by atoms with Crippen LogP contribution in [0.4, 0.5) is 5.00 Å². The Labute approximate surface area is 142 Å². The molecule has 3 rings (SSSR count). The number of thiophene rings is 1. The first kappa shape index (κ1) is 16.1. The first-order valence-electron chi connectivity index (χ1n) is 7.31. The Balaban J connectivity index is 1.68. The largest absolute Gasteiger partial charge is 0.467 e. The minimum Gasteiger partial charge on any atom is -0.467 e. The van der Waals surface area contributed by atoms with E-state index in [1.165, 1.54) is 17.6 Å². The van der Waals surface area contributed by atoms with E-state index in [9.17, 15) is 9.59 Å². The zero-order valence-corrected chi connectivity index (χ0v) is 14.0. The fraction of sp³-hybridized carbons (Fsp3) is 0.176. The predicted molar refractivity (Wildman–Crippen MR) is 90.2 cm³/mol. The Morgan fingerprint density at radius 1 is 1.12 bits per heavy atom. The summed E-state index contributed by atoms with van der Waals surface area (Å²) in [4.78, 5) is 26.7. The minimum absolute atomic E-state index is 0.137. The number of carbonyl (C=O) groups excluding carboxylic acids is 2. The molecular weight excluding hydrogens is 328 g/mol. The van der Waals surface area contributed by atoms with Crippen molar-refractivity contribution in [2.45, 2.75) is 13.0 Å². The molecule has 3 heterocycles. The standard InChI is InChI=1S/C17H16N2O4S/c1-11(12-5-3-9-22-12)19(2)17(21)14-7-8-15(24-14)18-16(20)13-6-4-10-23-13/h3-11H,1-2H3,(H,18,20). The van der Waals surface area contributed by atoms with Crippen LogP contribution in [0.3, 0.4) is 0 Å². The highest BCUT2D eigenvalue weighted by molar-refractivity contribution is 7.18. The number of amides is 2. The summed E-state index contributed by atoms with van der Waals surface area (Å²) in [6, 6.07) is 10.0. The maximum Gasteiger partial charge on any atom is 0.291 e. The van der Waals surface area contributed by atoms with Crippen molar-refractivity contribution < 1.29 is 18.4 Å². The van der Waals surface area contributed by atoms with Gasteiger partial charge in [-0.2, -0.15) is 0 Å². The molecule has 0 aliphatic carbocycles. The Bertz CT molecular complexity index is 821. The average Bonchev–Trinajstić information content (AvgIpc) is 3.34. The molecule has 0 radical (unpaired) electrons. The summed E-state index contributed by atoms with van der Waals surface area (Å²) in [7, 11) is 1.72. The molecule has 0 aliphatic rings. The topological polar surface area (TPSA) is 75.7 Å². The van der Waals surface area contributed by atoms with E-state index >= 15 is 0 Å². The van der Waals surface area contributed by atoms with Gasteiger partial charge in [-0.1, -0.05) is 0 Å². The Morgan fingerprint density at radius 2 is 1.88 bits per heavy atom. The second kappa shape index (κ2) is 6.76. The third-order valence-electron chi connectivity index (χ3n) is 3.65. The molecule has 0 saturated heterocycles. The van der Waals surface area contributed by atoms with Gasteiger partial charge in [0.2, 0.25) is 0 Å². The molecule has 2 amide bonds. The molecule has 0 spiro atoms. The monoisotopic (exact) mass is 344 g/mol. The van der Waals surface area contributed by atoms with Crippen molar-refractivity contribution in [2.75, 3.05) is 12.4 Å². The Morgan fingerprint density at radius 3 is 2.54 bits per heavy atom. The summed E-state index contributed by atoms with van der Waals surface area (Å²) in [5.74, 6) is 0.453. The van der Waals surface area contributed by atoms with Gasteiger partial charge in [-0.3, -0.25) is 9.59 Å². The summed E-state index contributed by atoms with van der Waals surface area (Å²) >= 11 is 1.21. The van der Waals surface area contributed by atoms with Gasteiger partial charge in [0.1, 0.15) is 5.76 Å². The van der Waals surface area contributed by atoms with Gasteiger partial charge >= 0.3 is 0 Å². The van der Waals surface area contributed by atoms with Crippen molar-refractivity contribution in [1.29, 1.82) is 0 Å². The van der Waals surface area contributed by atoms with Crippen LogP contribution in [0.1, 0.15) is 39.0 Å². The molecule has 1 N–H and O–H groups in total. The molecule has 3 aromatic rings. The molecule has 6 nitrogen and oxygen atoms in total. The maximum absolute atomic E-state index is 12.6. The highest BCUT2D eigenvalue weighted by Crippen LogP contribution is 2.27. The van der Waals surface area contributed by atoms with E-state index in [1.807, 2.05) is 13.0 Å². The number of nitrogens with one attached hydrogen (secondary N) is 1. The predicted octanol–water partition coefficient (Wildman–Crippen LogP) is 4.02. The smallest absolute Gasteiger partial charge is 0.291 e. The van der Waals surface area contributed by atoms with Crippen molar-refractivity contribution in [1.82, 2.24) is 4.90 Å². The molecular formula is C17H16N2O4S. The fourth-order valence-electron chi connectivity index (χ4n) is 2.17. The van der Waals surface area contributed by atoms with E-state index in [-0.39, 0.29) is 23.6 Å². The van der Waals surface area contributed by atoms with Gasteiger partial charge < -0.3 is 19.1 Å². The summed E-state index contributed by atoms with van der Waals surface area (Å²) in [6.45, 7) is 1.89. The van der Waals surface area contributed by atoms with Gasteiger partial charge in [-0.15, -0.1) is 11.3 Å². The summed E-state index contributed by atoms with van der Waals surface area (Å²) < 4.78 is 10.4. The first-order chi connectivity index (χ1) is 11.6. The van der Waals surface area contributed by atoms with Gasteiger partial charge in [-0.25, -0.2) is 0 Å². The molecule has 1 unspecified atom stereocenters. The van der Waals surface area contributed by atoms with Crippen LogP contribution in [0.5, 0.6) is 0 Å². The molecule has 7 heteroatoms. The number of anilines is 1. The van der Waals surface area contributed by atoms with Crippen LogP contribution in [0.2, 0.25) is 0 Å². The molecule has 24 heavy (non-hydrogen) atoms. The van der Waals surface area contributed by atoms with Gasteiger partial charge in [0.15, 0.2) is 5.76 Å². The second-order valence-electron chi connectivity index (χ2n) is 5.20. The molecule has 0 saturated carbocycles. The van der Waals surface area contributed by atoms with E-state index in [0.717, 1.165) is 0 Å². The number of carbonyl (C=O) groups is 2. The number of rotatable bonds is 5. The zero-order valence-electron chi connectivity index (χ0n) is 13.2. The molecule has 124 valence electrons. The minimum atomic E-state index is -0.349. The number of hydrogen-bond donors (Lipinski definition) is 1. The van der Waals surface area contributed by atoms with Crippen molar-refractivity contribution in [2.24, 2.45) is 0 Å². The summed E-state index contributed by atoms with van der Waals surface area (Å²) in [5.41, 5.74) is 0. The van der Waals surface area contributed by atoms with Crippen molar-refractivity contribution in [3.05, 3.63) is 65.3 Å². The van der Waals surface area contributed by atoms with Crippen molar-refractivity contribution in [3.63, 3.8) is 0 Å². The van der Waals surface area contributed by atoms with Crippen LogP contribution in [0.15, 0.2) is 57.8 Å². The normalized spacial score (nSPS) is 11.9. The summed E-state index contributed by atoms with van der Waals surface area (Å²) in [6.07, 6.45) is 3.01. The van der Waals surface area contributed by atoms with E-state index in [0.29, 0.717) is 15.6 Å². The third kappa shape index (κ3) is 3.26. The molecule has 3 aromatic heterocycles. The number of furan rings is 2. The van der Waals surface area contributed by atoms with E-state index < -0.39 is 0 Å². The lowest BCUT2D eigenvalue weighted by Crippen LogP contribution is -2.28. The van der Waals surface area contributed by atoms with Crippen molar-refractivity contribution in [3.8, 4) is 0 Å². The highest BCUT2D eigenvalue weighted by Gasteiger charge is 2.22. The van der Waals surface area contributed by atoms with E-state index in [1.54, 1.807) is 48.5 Å². The van der Waals surface area contributed by atoms with Gasteiger partial charge in [0.05, 0.1) is 28.4 Å². The van der Waals surface area contributed by atoms with Crippen LogP contribution in [0, 0.1) is 0 Å². The maximum atomic E-state index is 12.6. The Kier molecular flexibility index (Phi) is 4.52. The van der Waals surface area contributed by atoms with E-state index in [4.69, 9.17) is 8.83 Å². The average molecular weight is 344 g/mol. The lowest BCUT2D eigenvalue weighted by molar-refractivity contribution is 0.0731. The third-order valence-corrected chi connectivity index (χ3v) is 4.64. The van der Waals surface area contributed by atoms with Crippen LogP contribution < -0.4 is 5.32 Å². The lowest BCUT2D eigenvalue weighted by atomic mass is 10.2. The van der Waals surface area contributed by atoms with Crippen LogP contribution >= 0.6 is 11.3 Å². The molecule has 1 atom stereocenters. The van der Waals surface area contributed by atoms with Gasteiger partial charge in [0.25, 0.3) is 11.8 Å². The number of hydrogen-bond acceptors (Lipinski definition) is 5. The zero-order chi connectivity index (χ0) is 17.1. The molecule has 0 fully saturated rings. The Hall–Kier alpha value is -2.80. The van der Waals surface area contributed by atoms with Crippen LogP contribution in [-0.4, -0.2) is 23.8 Å². The van der Waals surface area contributed by atoms with Gasteiger partial charge in [0, 0.05) is 7.05 Å². The van der Waals surface area contributed by atoms with E-state index in [2.05, 4.69) is 5.32 Å². The van der Waals surface area contributed by atoms with Crippen molar-refractivity contribution >= 4 is 28.2 Å². The summed E-state index contributed by atoms with van der Waals surface area (Å²) in [5, 5.41) is 3.29. The first-order valence-corrected chi connectivity index (χ1v) is 8.13. The SMILES string of the molecule is CC(c1ccco1)N(C)C(=O)c1ccc(NC(=O)c2ccco2)s1. The van der Waals surface area contributed by atoms with Crippen LogP contribution in [-0.2, 0) is 0 Å². The number of nitrogens with zero attached hydrogens (tertiary/aromatic N) is 1. The lowest BCUT2D eigenvalue weighted by Gasteiger charge is -2.22. The fourth-order valence-corrected chi connectivity index (χ4v) is 3.05. The molecule has 0 bridgehead atoms. The second-order valence-corrected chi connectivity index (χ2v) is 6.29. The highest BCUT2D eigenvalue weighted by atomic mass is 32.1. The van der Waals surface area contributed by atoms with Crippen LogP contribution in [0.25, 0.3) is 0 Å². The molecule has 0 aromatic carbocycles. The molecule has 0 aliphatic heterocycles. The quantitative estimate of drug-likeness (QED) is 0.758. The van der Waals surface area contributed by atoms with Gasteiger partial charge in [-0.05, 0) is 43.3 Å².